The number of carbonyl (C=O) groups excluding carboxylic acids is 2. The molecule has 124 valence electrons. The molecule has 0 rings (SSSR count). The topological polar surface area (TPSA) is 71.1 Å². The average Bonchev–Trinajstić information content (AvgIpc) is 2.41. The van der Waals surface area contributed by atoms with E-state index < -0.39 is 14.3 Å². The quantitative estimate of drug-likeness (QED) is 0.312. The lowest BCUT2D eigenvalue weighted by Crippen LogP contribution is -2.30. The Morgan fingerprint density at radius 3 is 2.05 bits per heavy atom. The molecule has 0 aliphatic heterocycles. The van der Waals surface area contributed by atoms with E-state index in [0.29, 0.717) is 13.2 Å². The first-order valence-electron chi connectivity index (χ1n) is 7.35. The van der Waals surface area contributed by atoms with E-state index in [0.717, 1.165) is 19.1 Å². The molecule has 0 aliphatic carbocycles. The van der Waals surface area contributed by atoms with Gasteiger partial charge in [0.25, 0.3) is 0 Å². The molecule has 0 atom stereocenters. The van der Waals surface area contributed by atoms with Crippen molar-refractivity contribution in [2.24, 2.45) is 0 Å². The van der Waals surface area contributed by atoms with Crippen molar-refractivity contribution in [3.63, 3.8) is 0 Å². The summed E-state index contributed by atoms with van der Waals surface area (Å²) in [5.41, 5.74) is 0. The van der Waals surface area contributed by atoms with Gasteiger partial charge in [-0.2, -0.15) is 0 Å². The van der Waals surface area contributed by atoms with Gasteiger partial charge in [-0.1, -0.05) is 0 Å². The Morgan fingerprint density at radius 1 is 0.952 bits per heavy atom. The monoisotopic (exact) mass is 320 g/mol. The molecular weight excluding hydrogens is 292 g/mol. The SMILES string of the molecule is CCO[Si](C)(C)CCCOC(=O)CCC(=O)OCCOC. The van der Waals surface area contributed by atoms with Gasteiger partial charge in [-0.3, -0.25) is 9.59 Å². The third-order valence-corrected chi connectivity index (χ3v) is 5.43. The summed E-state index contributed by atoms with van der Waals surface area (Å²) in [5.74, 6) is -0.775. The Balaban J connectivity index is 3.60. The second-order valence-electron chi connectivity index (χ2n) is 5.23. The van der Waals surface area contributed by atoms with Crippen molar-refractivity contribution < 1.29 is 28.2 Å². The molecule has 0 aromatic rings. The zero-order valence-electron chi connectivity index (χ0n) is 13.6. The number of methoxy groups -OCH3 is 1. The maximum atomic E-state index is 11.5. The molecule has 21 heavy (non-hydrogen) atoms. The van der Waals surface area contributed by atoms with Crippen molar-refractivity contribution in [1.29, 1.82) is 0 Å². The number of esters is 2. The van der Waals surface area contributed by atoms with Crippen molar-refractivity contribution >= 4 is 20.3 Å². The van der Waals surface area contributed by atoms with Crippen LogP contribution in [0.1, 0.15) is 26.2 Å². The Morgan fingerprint density at radius 2 is 1.52 bits per heavy atom. The molecule has 0 radical (unpaired) electrons. The van der Waals surface area contributed by atoms with E-state index in [4.69, 9.17) is 18.6 Å². The van der Waals surface area contributed by atoms with Crippen LogP contribution in [0.3, 0.4) is 0 Å². The van der Waals surface area contributed by atoms with Crippen molar-refractivity contribution in [2.75, 3.05) is 33.5 Å². The molecule has 0 unspecified atom stereocenters. The van der Waals surface area contributed by atoms with E-state index in [1.807, 2.05) is 6.92 Å². The minimum absolute atomic E-state index is 0.0434. The normalized spacial score (nSPS) is 11.2. The fourth-order valence-corrected chi connectivity index (χ4v) is 3.66. The van der Waals surface area contributed by atoms with Crippen molar-refractivity contribution in [2.45, 2.75) is 45.3 Å². The Hall–Kier alpha value is -0.923. The van der Waals surface area contributed by atoms with Gasteiger partial charge < -0.3 is 18.6 Å². The van der Waals surface area contributed by atoms with Crippen LogP contribution in [-0.2, 0) is 28.2 Å². The molecule has 0 heterocycles. The first-order valence-corrected chi connectivity index (χ1v) is 10.5. The van der Waals surface area contributed by atoms with E-state index in [-0.39, 0.29) is 25.4 Å². The first-order chi connectivity index (χ1) is 9.91. The summed E-state index contributed by atoms with van der Waals surface area (Å²) in [6.07, 6.45) is 0.892. The number of rotatable bonds is 12. The zero-order chi connectivity index (χ0) is 16.1. The molecule has 0 saturated carbocycles. The molecule has 0 aliphatic rings. The summed E-state index contributed by atoms with van der Waals surface area (Å²) in [6.45, 7) is 7.95. The largest absolute Gasteiger partial charge is 0.466 e. The van der Waals surface area contributed by atoms with Crippen LogP contribution in [-0.4, -0.2) is 53.8 Å². The van der Waals surface area contributed by atoms with Crippen LogP contribution in [0.5, 0.6) is 0 Å². The Kier molecular flexibility index (Phi) is 11.2. The summed E-state index contributed by atoms with van der Waals surface area (Å²) in [5, 5.41) is 0. The first kappa shape index (κ1) is 20.1. The molecule has 0 fully saturated rings. The molecule has 6 nitrogen and oxygen atoms in total. The van der Waals surface area contributed by atoms with Crippen LogP contribution in [0.25, 0.3) is 0 Å². The highest BCUT2D eigenvalue weighted by Gasteiger charge is 2.21. The third-order valence-electron chi connectivity index (χ3n) is 2.81. The number of hydrogen-bond acceptors (Lipinski definition) is 6. The fraction of sp³-hybridized carbons (Fsp3) is 0.857. The summed E-state index contributed by atoms with van der Waals surface area (Å²) in [7, 11) is -0.0790. The second kappa shape index (κ2) is 11.7. The third kappa shape index (κ3) is 12.5. The zero-order valence-corrected chi connectivity index (χ0v) is 14.6. The predicted octanol–water partition coefficient (Wildman–Crippen LogP) is 2.13. The van der Waals surface area contributed by atoms with E-state index in [2.05, 4.69) is 13.1 Å². The molecule has 0 aromatic heterocycles. The number of carbonyl (C=O) groups is 2. The van der Waals surface area contributed by atoms with Gasteiger partial charge in [-0.05, 0) is 32.5 Å². The molecule has 0 spiro atoms. The van der Waals surface area contributed by atoms with Gasteiger partial charge >= 0.3 is 11.9 Å². The van der Waals surface area contributed by atoms with Gasteiger partial charge in [0.05, 0.1) is 26.1 Å². The highest BCUT2D eigenvalue weighted by atomic mass is 28.4. The maximum absolute atomic E-state index is 11.5. The summed E-state index contributed by atoms with van der Waals surface area (Å²) in [6, 6.07) is 0.952. The van der Waals surface area contributed by atoms with E-state index in [9.17, 15) is 9.59 Å². The summed E-state index contributed by atoms with van der Waals surface area (Å²) < 4.78 is 20.4. The highest BCUT2D eigenvalue weighted by molar-refractivity contribution is 6.71. The van der Waals surface area contributed by atoms with Gasteiger partial charge in [0, 0.05) is 13.7 Å². The lowest BCUT2D eigenvalue weighted by Gasteiger charge is -2.21. The van der Waals surface area contributed by atoms with E-state index in [1.54, 1.807) is 0 Å². The molecule has 0 amide bonds. The van der Waals surface area contributed by atoms with Crippen LogP contribution < -0.4 is 0 Å². The second-order valence-corrected chi connectivity index (χ2v) is 9.54. The molecule has 0 N–H and O–H groups in total. The standard InChI is InChI=1S/C14H28O6Si/c1-5-20-21(3,4)12-6-9-18-13(15)7-8-14(16)19-11-10-17-2/h5-12H2,1-4H3. The van der Waals surface area contributed by atoms with Crippen LogP contribution in [0.4, 0.5) is 0 Å². The lowest BCUT2D eigenvalue weighted by atomic mass is 10.3. The van der Waals surface area contributed by atoms with Gasteiger partial charge in [0.1, 0.15) is 6.61 Å². The number of hydrogen-bond donors (Lipinski definition) is 0. The molecule has 0 bridgehead atoms. The summed E-state index contributed by atoms with van der Waals surface area (Å²) >= 11 is 0. The summed E-state index contributed by atoms with van der Waals surface area (Å²) in [4.78, 5) is 22.7. The minimum atomic E-state index is -1.61. The Labute approximate surface area is 128 Å². The molecule has 0 aromatic carbocycles. The van der Waals surface area contributed by atoms with Gasteiger partial charge in [-0.15, -0.1) is 0 Å². The minimum Gasteiger partial charge on any atom is -0.466 e. The van der Waals surface area contributed by atoms with Gasteiger partial charge in [0.15, 0.2) is 8.32 Å². The van der Waals surface area contributed by atoms with Gasteiger partial charge in [0.2, 0.25) is 0 Å². The fourth-order valence-electron chi connectivity index (χ4n) is 1.73. The van der Waals surface area contributed by atoms with Gasteiger partial charge in [-0.25, -0.2) is 0 Å². The number of ether oxygens (including phenoxy) is 3. The van der Waals surface area contributed by atoms with Crippen LogP contribution in [0, 0.1) is 0 Å². The van der Waals surface area contributed by atoms with Crippen molar-refractivity contribution in [1.82, 2.24) is 0 Å². The Bertz CT molecular complexity index is 306. The van der Waals surface area contributed by atoms with Crippen LogP contribution in [0.2, 0.25) is 19.1 Å². The molecule has 7 heteroatoms. The van der Waals surface area contributed by atoms with E-state index in [1.165, 1.54) is 7.11 Å². The van der Waals surface area contributed by atoms with Crippen molar-refractivity contribution in [3.05, 3.63) is 0 Å². The maximum Gasteiger partial charge on any atom is 0.306 e. The predicted molar refractivity (Wildman–Crippen MR) is 81.6 cm³/mol. The average molecular weight is 320 g/mol. The molecular formula is C14H28O6Si. The lowest BCUT2D eigenvalue weighted by molar-refractivity contribution is -0.151. The molecule has 0 saturated heterocycles. The smallest absolute Gasteiger partial charge is 0.306 e. The van der Waals surface area contributed by atoms with Crippen LogP contribution in [0.15, 0.2) is 0 Å². The van der Waals surface area contributed by atoms with E-state index >= 15 is 0 Å². The van der Waals surface area contributed by atoms with Crippen molar-refractivity contribution in [3.8, 4) is 0 Å². The highest BCUT2D eigenvalue weighted by Crippen LogP contribution is 2.13. The van der Waals surface area contributed by atoms with Crippen LogP contribution >= 0.6 is 0 Å².